The second-order valence-corrected chi connectivity index (χ2v) is 22.4. The number of esters is 1. The van der Waals surface area contributed by atoms with E-state index in [2.05, 4.69) is 44.4 Å². The van der Waals surface area contributed by atoms with Gasteiger partial charge in [0.15, 0.2) is 0 Å². The van der Waals surface area contributed by atoms with E-state index in [1.807, 2.05) is 13.8 Å². The third-order valence-electron chi connectivity index (χ3n) is 19.8. The normalized spacial score (nSPS) is 45.4. The number of carbonyl (C=O) groups is 3. The van der Waals surface area contributed by atoms with Crippen LogP contribution in [0.3, 0.4) is 0 Å². The number of hydrogen-bond donors (Lipinski definition) is 1. The molecule has 7 aliphatic carbocycles. The Morgan fingerprint density at radius 1 is 0.696 bits per heavy atom. The first-order valence-electron chi connectivity index (χ1n) is 23.0. The Hall–Kier alpha value is -1.71. The molecule has 0 radical (unpaired) electrons. The Morgan fingerprint density at radius 3 is 2.09 bits per heavy atom. The molecule has 1 heterocycles. The van der Waals surface area contributed by atoms with Gasteiger partial charge in [0.05, 0.1) is 37.1 Å². The van der Waals surface area contributed by atoms with E-state index in [1.54, 1.807) is 7.11 Å². The van der Waals surface area contributed by atoms with Gasteiger partial charge in [-0.25, -0.2) is 0 Å². The summed E-state index contributed by atoms with van der Waals surface area (Å²) in [6, 6.07) is 0. The maximum Gasteiger partial charge on any atom is 0.309 e. The predicted octanol–water partition coefficient (Wildman–Crippen LogP) is 7.94. The lowest BCUT2D eigenvalue weighted by Gasteiger charge is -2.73. The lowest BCUT2D eigenvalue weighted by molar-refractivity contribution is -0.252. The van der Waals surface area contributed by atoms with Crippen LogP contribution in [0.4, 0.5) is 0 Å². The van der Waals surface area contributed by atoms with Gasteiger partial charge in [-0.05, 0) is 141 Å². The largest absolute Gasteiger partial charge is 0.481 e. The average Bonchev–Trinajstić information content (AvgIpc) is 3.91. The van der Waals surface area contributed by atoms with E-state index in [0.717, 1.165) is 70.7 Å². The maximum absolute atomic E-state index is 15.1. The minimum absolute atomic E-state index is 0.140. The van der Waals surface area contributed by atoms with Crippen molar-refractivity contribution in [3.8, 4) is 0 Å². The third-order valence-corrected chi connectivity index (χ3v) is 19.8. The van der Waals surface area contributed by atoms with Crippen molar-refractivity contribution in [3.05, 3.63) is 0 Å². The van der Waals surface area contributed by atoms with E-state index < -0.39 is 17.3 Å². The van der Waals surface area contributed by atoms with E-state index in [9.17, 15) is 14.7 Å². The monoisotopic (exact) mass is 781 g/mol. The number of carboxylic acids is 1. The smallest absolute Gasteiger partial charge is 0.309 e. The summed E-state index contributed by atoms with van der Waals surface area (Å²) in [7, 11) is 1.71. The van der Waals surface area contributed by atoms with Crippen molar-refractivity contribution in [2.45, 2.75) is 138 Å². The standard InChI is InChI=1S/C47H76N2O7/c1-42(2)33(39(50)51)29-34(42)40(52)56-37-15-16-44(5)35(43(37,3)4)14-17-46(7)36(44)12-11-32-38-31(30-9-10-30)13-18-47(38,20-19-45(32,46)6)41(53)49-23-21-48(22-24-49)25-26-55-28-27-54-8/h30-38H,9-29H2,1-8H3,(H,50,51)/t31-,32+,33-,34+,35-,36+,37-,38+,44-,45+,46+,47-/m0/s1. The molecule has 8 rings (SSSR count). The number of rotatable bonds is 11. The summed E-state index contributed by atoms with van der Waals surface area (Å²) >= 11 is 0. The van der Waals surface area contributed by atoms with Gasteiger partial charge in [-0.3, -0.25) is 19.3 Å². The van der Waals surface area contributed by atoms with E-state index in [0.29, 0.717) is 61.7 Å². The second kappa shape index (κ2) is 14.5. The molecule has 0 unspecified atom stereocenters. The number of methoxy groups -OCH3 is 1. The van der Waals surface area contributed by atoms with Gasteiger partial charge in [-0.2, -0.15) is 0 Å². The van der Waals surface area contributed by atoms with Gasteiger partial charge < -0.3 is 24.2 Å². The van der Waals surface area contributed by atoms with Gasteiger partial charge in [0.2, 0.25) is 5.91 Å². The first-order chi connectivity index (χ1) is 26.5. The van der Waals surface area contributed by atoms with Gasteiger partial charge in [-0.15, -0.1) is 0 Å². The Morgan fingerprint density at radius 2 is 1.43 bits per heavy atom. The molecule has 9 heteroatoms. The lowest BCUT2D eigenvalue weighted by Crippen LogP contribution is -2.68. The highest BCUT2D eigenvalue weighted by Gasteiger charge is 2.73. The molecule has 1 saturated heterocycles. The fourth-order valence-electron chi connectivity index (χ4n) is 16.1. The fourth-order valence-corrected chi connectivity index (χ4v) is 16.1. The molecule has 0 spiro atoms. The predicted molar refractivity (Wildman–Crippen MR) is 215 cm³/mol. The molecule has 9 nitrogen and oxygen atoms in total. The highest BCUT2D eigenvalue weighted by Crippen LogP contribution is 2.78. The molecule has 1 amide bonds. The number of piperazine rings is 1. The average molecular weight is 781 g/mol. The highest BCUT2D eigenvalue weighted by molar-refractivity contribution is 5.84. The molecule has 0 bridgehead atoms. The third kappa shape index (κ3) is 6.17. The van der Waals surface area contributed by atoms with E-state index >= 15 is 4.79 Å². The van der Waals surface area contributed by atoms with E-state index in [1.165, 1.54) is 44.9 Å². The molecule has 1 aliphatic heterocycles. The molecule has 8 aliphatic rings. The number of nitrogens with zero attached hydrogens (tertiary/aromatic N) is 2. The molecule has 8 fully saturated rings. The summed E-state index contributed by atoms with van der Waals surface area (Å²) in [6.45, 7) is 23.0. The van der Waals surface area contributed by atoms with Crippen LogP contribution in [0.25, 0.3) is 0 Å². The Balaban J connectivity index is 0.979. The zero-order valence-corrected chi connectivity index (χ0v) is 36.3. The summed E-state index contributed by atoms with van der Waals surface area (Å²) in [5, 5.41) is 9.68. The molecule has 12 atom stereocenters. The van der Waals surface area contributed by atoms with Gasteiger partial charge >= 0.3 is 11.9 Å². The van der Waals surface area contributed by atoms with Crippen LogP contribution in [0, 0.1) is 79.8 Å². The van der Waals surface area contributed by atoms with Crippen molar-refractivity contribution >= 4 is 17.8 Å². The van der Waals surface area contributed by atoms with Gasteiger partial charge in [0.1, 0.15) is 6.10 Å². The number of hydrogen-bond acceptors (Lipinski definition) is 7. The summed E-state index contributed by atoms with van der Waals surface area (Å²) in [6.07, 6.45) is 14.4. The van der Waals surface area contributed by atoms with Crippen molar-refractivity contribution < 1.29 is 33.7 Å². The van der Waals surface area contributed by atoms with Crippen molar-refractivity contribution in [3.63, 3.8) is 0 Å². The van der Waals surface area contributed by atoms with Gasteiger partial charge in [-0.1, -0.05) is 48.5 Å². The Bertz CT molecular complexity index is 1520. The van der Waals surface area contributed by atoms with Crippen molar-refractivity contribution in [1.82, 2.24) is 9.80 Å². The number of carboxylic acid groups (broad SMARTS) is 1. The van der Waals surface area contributed by atoms with Crippen LogP contribution in [0.2, 0.25) is 0 Å². The zero-order valence-electron chi connectivity index (χ0n) is 36.3. The van der Waals surface area contributed by atoms with E-state index in [-0.39, 0.29) is 45.1 Å². The van der Waals surface area contributed by atoms with Crippen LogP contribution in [-0.4, -0.2) is 98.5 Å². The maximum atomic E-state index is 15.1. The molecule has 0 aromatic rings. The summed E-state index contributed by atoms with van der Waals surface area (Å²) in [4.78, 5) is 45.3. The van der Waals surface area contributed by atoms with Crippen LogP contribution in [0.15, 0.2) is 0 Å². The quantitative estimate of drug-likeness (QED) is 0.167. The van der Waals surface area contributed by atoms with Crippen molar-refractivity contribution in [2.24, 2.45) is 79.8 Å². The fraction of sp³-hybridized carbons (Fsp3) is 0.936. The van der Waals surface area contributed by atoms with Crippen LogP contribution in [-0.2, 0) is 28.6 Å². The van der Waals surface area contributed by atoms with Crippen LogP contribution in [0.5, 0.6) is 0 Å². The number of carbonyl (C=O) groups excluding carboxylic acids is 2. The highest BCUT2D eigenvalue weighted by atomic mass is 16.5. The first-order valence-corrected chi connectivity index (χ1v) is 23.0. The number of aliphatic carboxylic acids is 1. The first kappa shape index (κ1) is 41.0. The molecule has 0 aromatic heterocycles. The lowest BCUT2D eigenvalue weighted by atomic mass is 9.32. The van der Waals surface area contributed by atoms with Gasteiger partial charge in [0.25, 0.3) is 0 Å². The summed E-state index contributed by atoms with van der Waals surface area (Å²) < 4.78 is 17.3. The number of amides is 1. The number of ether oxygens (including phenoxy) is 3. The Labute approximate surface area is 338 Å². The molecular formula is C47H76N2O7. The minimum Gasteiger partial charge on any atom is -0.481 e. The second-order valence-electron chi connectivity index (χ2n) is 22.4. The van der Waals surface area contributed by atoms with Crippen LogP contribution in [0.1, 0.15) is 132 Å². The number of fused-ring (bicyclic) bond motifs is 7. The van der Waals surface area contributed by atoms with Crippen LogP contribution >= 0.6 is 0 Å². The molecule has 1 N–H and O–H groups in total. The van der Waals surface area contributed by atoms with Crippen molar-refractivity contribution in [2.75, 3.05) is 59.7 Å². The van der Waals surface area contributed by atoms with Gasteiger partial charge in [0, 0.05) is 45.2 Å². The Kier molecular flexibility index (Phi) is 10.6. The zero-order chi connectivity index (χ0) is 40.1. The molecule has 7 saturated carbocycles. The summed E-state index contributed by atoms with van der Waals surface area (Å²) in [5.74, 6) is 2.40. The van der Waals surface area contributed by atoms with Crippen molar-refractivity contribution in [1.29, 1.82) is 0 Å². The molecular weight excluding hydrogens is 705 g/mol. The summed E-state index contributed by atoms with van der Waals surface area (Å²) in [5.41, 5.74) is -0.323. The molecule has 0 aromatic carbocycles. The minimum atomic E-state index is -0.807. The molecule has 56 heavy (non-hydrogen) atoms. The SMILES string of the molecule is COCCOCCN1CCN(C(=O)[C@]23CC[C@@H](C4CC4)[C@@H]2[C@H]2CC[C@@H]4[C@@]5(C)CC[C@H](OC(=O)[C@H]6C[C@@H](C(=O)O)C6(C)C)C(C)(C)[C@@H]5CC[C@@]4(C)[C@]2(C)CC3)CC1. The topological polar surface area (TPSA) is 106 Å². The van der Waals surface area contributed by atoms with E-state index in [4.69, 9.17) is 14.2 Å². The molecule has 316 valence electrons. The van der Waals surface area contributed by atoms with Crippen LogP contribution < -0.4 is 0 Å².